The molecule has 1 N–H and O–H groups in total. The maximum atomic E-state index is 11.6. The number of rotatable bonds is 2. The summed E-state index contributed by atoms with van der Waals surface area (Å²) >= 11 is 1.64. The first-order chi connectivity index (χ1) is 6.81. The van der Waals surface area contributed by atoms with Crippen LogP contribution in [0.2, 0.25) is 0 Å². The van der Waals surface area contributed by atoms with Crippen LogP contribution in [0.5, 0.6) is 0 Å². The van der Waals surface area contributed by atoms with Gasteiger partial charge in [0.2, 0.25) is 0 Å². The predicted molar refractivity (Wildman–Crippen MR) is 56.3 cm³/mol. The molecular formula is C10H12N2OS. The van der Waals surface area contributed by atoms with Crippen molar-refractivity contribution in [1.82, 2.24) is 10.3 Å². The number of pyridine rings is 1. The van der Waals surface area contributed by atoms with Gasteiger partial charge in [0.05, 0.1) is 10.9 Å². The van der Waals surface area contributed by atoms with E-state index in [2.05, 4.69) is 17.2 Å². The highest BCUT2D eigenvalue weighted by molar-refractivity contribution is 8.00. The molecule has 0 bridgehead atoms. The third kappa shape index (κ3) is 1.75. The molecule has 0 spiro atoms. The van der Waals surface area contributed by atoms with Crippen LogP contribution in [0.25, 0.3) is 0 Å². The third-order valence-corrected chi connectivity index (χ3v) is 3.30. The number of hydrogen-bond acceptors (Lipinski definition) is 3. The molecule has 1 aliphatic rings. The van der Waals surface area contributed by atoms with Gasteiger partial charge >= 0.3 is 0 Å². The van der Waals surface area contributed by atoms with Crippen LogP contribution in [0.15, 0.2) is 23.4 Å². The number of carbonyl (C=O) groups is 1. The molecular weight excluding hydrogens is 196 g/mol. The van der Waals surface area contributed by atoms with Crippen molar-refractivity contribution in [1.29, 1.82) is 0 Å². The van der Waals surface area contributed by atoms with Gasteiger partial charge < -0.3 is 5.32 Å². The molecule has 0 saturated heterocycles. The van der Waals surface area contributed by atoms with Gasteiger partial charge in [-0.05, 0) is 18.6 Å². The quantitative estimate of drug-likeness (QED) is 0.808. The SMILES string of the molecule is CCCC1NC(=O)c2cccnc2S1. The van der Waals surface area contributed by atoms with Gasteiger partial charge in [0.1, 0.15) is 5.03 Å². The van der Waals surface area contributed by atoms with Crippen LogP contribution < -0.4 is 5.32 Å². The highest BCUT2D eigenvalue weighted by Crippen LogP contribution is 2.29. The van der Waals surface area contributed by atoms with E-state index in [1.807, 2.05) is 6.07 Å². The zero-order valence-electron chi connectivity index (χ0n) is 7.99. The Bertz CT molecular complexity index is 354. The normalized spacial score (nSPS) is 20.1. The summed E-state index contributed by atoms with van der Waals surface area (Å²) < 4.78 is 0. The summed E-state index contributed by atoms with van der Waals surface area (Å²) in [7, 11) is 0. The first-order valence-electron chi connectivity index (χ1n) is 4.74. The molecule has 1 aromatic rings. The second-order valence-electron chi connectivity index (χ2n) is 3.22. The highest BCUT2D eigenvalue weighted by atomic mass is 32.2. The summed E-state index contributed by atoms with van der Waals surface area (Å²) in [5, 5.41) is 4.00. The standard InChI is InChI=1S/C10H12N2OS/c1-2-4-8-12-9(13)7-5-3-6-11-10(7)14-8/h3,5-6,8H,2,4H2,1H3,(H,12,13). The van der Waals surface area contributed by atoms with Crippen molar-refractivity contribution in [2.45, 2.75) is 30.2 Å². The van der Waals surface area contributed by atoms with E-state index < -0.39 is 0 Å². The molecule has 0 saturated carbocycles. The topological polar surface area (TPSA) is 42.0 Å². The molecule has 2 rings (SSSR count). The lowest BCUT2D eigenvalue weighted by Crippen LogP contribution is -2.36. The fourth-order valence-electron chi connectivity index (χ4n) is 1.44. The van der Waals surface area contributed by atoms with Gasteiger partial charge in [0.15, 0.2) is 0 Å². The Morgan fingerprint density at radius 1 is 1.64 bits per heavy atom. The summed E-state index contributed by atoms with van der Waals surface area (Å²) in [5.74, 6) is 0.00491. The van der Waals surface area contributed by atoms with Crippen LogP contribution in [0.1, 0.15) is 30.1 Å². The monoisotopic (exact) mass is 208 g/mol. The van der Waals surface area contributed by atoms with Crippen LogP contribution in [0.3, 0.4) is 0 Å². The number of aromatic nitrogens is 1. The first kappa shape index (κ1) is 9.52. The van der Waals surface area contributed by atoms with Gasteiger partial charge in [-0.2, -0.15) is 0 Å². The number of nitrogens with zero attached hydrogens (tertiary/aromatic N) is 1. The highest BCUT2D eigenvalue weighted by Gasteiger charge is 2.24. The smallest absolute Gasteiger partial charge is 0.254 e. The van der Waals surface area contributed by atoms with Gasteiger partial charge in [-0.15, -0.1) is 0 Å². The fourth-order valence-corrected chi connectivity index (χ4v) is 2.64. The maximum Gasteiger partial charge on any atom is 0.254 e. The Labute approximate surface area is 87.3 Å². The molecule has 1 atom stereocenters. The Morgan fingerprint density at radius 2 is 2.50 bits per heavy atom. The van der Waals surface area contributed by atoms with E-state index in [-0.39, 0.29) is 11.3 Å². The molecule has 0 fully saturated rings. The van der Waals surface area contributed by atoms with Crippen molar-refractivity contribution < 1.29 is 4.79 Å². The molecule has 74 valence electrons. The number of amides is 1. The van der Waals surface area contributed by atoms with Crippen molar-refractivity contribution in [2.75, 3.05) is 0 Å². The van der Waals surface area contributed by atoms with E-state index in [0.717, 1.165) is 17.9 Å². The molecule has 14 heavy (non-hydrogen) atoms. The van der Waals surface area contributed by atoms with Crippen LogP contribution in [-0.4, -0.2) is 16.3 Å². The Hall–Kier alpha value is -1.03. The van der Waals surface area contributed by atoms with Crippen molar-refractivity contribution in [3.63, 3.8) is 0 Å². The minimum atomic E-state index is 0.00491. The maximum absolute atomic E-state index is 11.6. The molecule has 4 heteroatoms. The second kappa shape index (κ2) is 4.00. The Morgan fingerprint density at radius 3 is 3.29 bits per heavy atom. The van der Waals surface area contributed by atoms with Crippen LogP contribution in [0.4, 0.5) is 0 Å². The van der Waals surface area contributed by atoms with E-state index in [4.69, 9.17) is 0 Å². The number of thioether (sulfide) groups is 1. The summed E-state index contributed by atoms with van der Waals surface area (Å²) in [5.41, 5.74) is 0.699. The number of hydrogen-bond donors (Lipinski definition) is 1. The van der Waals surface area contributed by atoms with Crippen LogP contribution in [0, 0.1) is 0 Å². The summed E-state index contributed by atoms with van der Waals surface area (Å²) in [6, 6.07) is 3.60. The largest absolute Gasteiger partial charge is 0.340 e. The fraction of sp³-hybridized carbons (Fsp3) is 0.400. The lowest BCUT2D eigenvalue weighted by atomic mass is 10.2. The molecule has 1 aliphatic heterocycles. The molecule has 0 radical (unpaired) electrons. The average Bonchev–Trinajstić information content (AvgIpc) is 2.18. The van der Waals surface area contributed by atoms with Crippen LogP contribution >= 0.6 is 11.8 Å². The third-order valence-electron chi connectivity index (χ3n) is 2.11. The van der Waals surface area contributed by atoms with E-state index >= 15 is 0 Å². The van der Waals surface area contributed by atoms with Gasteiger partial charge in [-0.25, -0.2) is 4.98 Å². The molecule has 1 amide bonds. The molecule has 0 aromatic carbocycles. The predicted octanol–water partition coefficient (Wildman–Crippen LogP) is 2.04. The van der Waals surface area contributed by atoms with Crippen molar-refractivity contribution in [3.8, 4) is 0 Å². The first-order valence-corrected chi connectivity index (χ1v) is 5.61. The van der Waals surface area contributed by atoms with E-state index in [0.29, 0.717) is 5.56 Å². The van der Waals surface area contributed by atoms with E-state index in [1.54, 1.807) is 24.0 Å². The van der Waals surface area contributed by atoms with E-state index in [9.17, 15) is 4.79 Å². The molecule has 0 aliphatic carbocycles. The van der Waals surface area contributed by atoms with Crippen molar-refractivity contribution >= 4 is 17.7 Å². The minimum absolute atomic E-state index is 0.00491. The summed E-state index contributed by atoms with van der Waals surface area (Å²) in [6.45, 7) is 2.11. The van der Waals surface area contributed by atoms with Gasteiger partial charge in [-0.1, -0.05) is 25.1 Å². The zero-order chi connectivity index (χ0) is 9.97. The van der Waals surface area contributed by atoms with Crippen molar-refractivity contribution in [2.24, 2.45) is 0 Å². The molecule has 2 heterocycles. The lowest BCUT2D eigenvalue weighted by molar-refractivity contribution is 0.0941. The van der Waals surface area contributed by atoms with Gasteiger partial charge in [0.25, 0.3) is 5.91 Å². The molecule has 1 unspecified atom stereocenters. The van der Waals surface area contributed by atoms with Crippen molar-refractivity contribution in [3.05, 3.63) is 23.9 Å². The summed E-state index contributed by atoms with van der Waals surface area (Å²) in [4.78, 5) is 15.8. The Kier molecular flexibility index (Phi) is 2.72. The van der Waals surface area contributed by atoms with Crippen LogP contribution in [-0.2, 0) is 0 Å². The molecule has 1 aromatic heterocycles. The molecule has 3 nitrogen and oxygen atoms in total. The van der Waals surface area contributed by atoms with Gasteiger partial charge in [-0.3, -0.25) is 4.79 Å². The summed E-state index contributed by atoms with van der Waals surface area (Å²) in [6.07, 6.45) is 3.79. The number of fused-ring (bicyclic) bond motifs is 1. The zero-order valence-corrected chi connectivity index (χ0v) is 8.80. The average molecular weight is 208 g/mol. The minimum Gasteiger partial charge on any atom is -0.340 e. The number of nitrogens with one attached hydrogen (secondary N) is 1. The van der Waals surface area contributed by atoms with E-state index in [1.165, 1.54) is 0 Å². The van der Waals surface area contributed by atoms with Gasteiger partial charge in [0, 0.05) is 6.20 Å². The second-order valence-corrected chi connectivity index (χ2v) is 4.42. The Balaban J connectivity index is 2.24. The number of carbonyl (C=O) groups excluding carboxylic acids is 1. The lowest BCUT2D eigenvalue weighted by Gasteiger charge is -2.23.